The number of aromatic nitrogens is 2. The lowest BCUT2D eigenvalue weighted by molar-refractivity contribution is 0.601. The minimum atomic E-state index is -3.83. The van der Waals surface area contributed by atoms with E-state index in [0.717, 1.165) is 15.7 Å². The molecule has 3 aromatic carbocycles. The Morgan fingerprint density at radius 1 is 0.828 bits per heavy atom. The topological polar surface area (TPSA) is 84.0 Å². The van der Waals surface area contributed by atoms with Crippen LogP contribution in [0.3, 0.4) is 0 Å². The van der Waals surface area contributed by atoms with E-state index in [2.05, 4.69) is 35.9 Å². The van der Waals surface area contributed by atoms with E-state index >= 15 is 0 Å². The minimum Gasteiger partial charge on any atom is -0.336 e. The van der Waals surface area contributed by atoms with Crippen molar-refractivity contribution in [2.75, 3.05) is 10.0 Å². The first-order chi connectivity index (χ1) is 13.9. The zero-order valence-electron chi connectivity index (χ0n) is 15.4. The lowest BCUT2D eigenvalue weighted by Crippen LogP contribution is -2.16. The van der Waals surface area contributed by atoms with Crippen molar-refractivity contribution in [2.24, 2.45) is 0 Å². The monoisotopic (exact) mass is 468 g/mol. The number of hydrogen-bond donors (Lipinski definition) is 2. The summed E-state index contributed by atoms with van der Waals surface area (Å²) < 4.78 is 29.3. The normalized spacial score (nSPS) is 11.4. The van der Waals surface area contributed by atoms with Gasteiger partial charge in [-0.1, -0.05) is 36.4 Å². The second kappa shape index (κ2) is 7.81. The van der Waals surface area contributed by atoms with Crippen LogP contribution in [0.1, 0.15) is 5.56 Å². The molecule has 4 rings (SSSR count). The summed E-state index contributed by atoms with van der Waals surface area (Å²) in [6.07, 6.45) is 0. The van der Waals surface area contributed by atoms with Crippen molar-refractivity contribution in [3.8, 4) is 0 Å². The Kier molecular flexibility index (Phi) is 5.21. The van der Waals surface area contributed by atoms with E-state index in [1.165, 1.54) is 0 Å². The molecule has 0 fully saturated rings. The molecule has 0 atom stereocenters. The summed E-state index contributed by atoms with van der Waals surface area (Å²) in [4.78, 5) is 9.26. The molecule has 1 heterocycles. The third kappa shape index (κ3) is 4.23. The molecular weight excluding hydrogens is 452 g/mol. The van der Waals surface area contributed by atoms with Crippen molar-refractivity contribution in [2.45, 2.75) is 11.8 Å². The average molecular weight is 469 g/mol. The highest BCUT2D eigenvalue weighted by Crippen LogP contribution is 2.30. The molecule has 2 N–H and O–H groups in total. The fraction of sp³-hybridized carbons (Fsp3) is 0.0476. The number of nitrogens with zero attached hydrogens (tertiary/aromatic N) is 2. The first kappa shape index (κ1) is 19.4. The standard InChI is InChI=1S/C21H17BrN4O2S/c1-14-7-6-8-15(13-14)29(27,28)26-21-20(23-17-10-3-2-9-16(17)22)24-18-11-4-5-12-19(18)25-21/h2-13H,1H3,(H,23,24)(H,25,26). The van der Waals surface area contributed by atoms with Crippen LogP contribution in [0.4, 0.5) is 17.3 Å². The largest absolute Gasteiger partial charge is 0.336 e. The summed E-state index contributed by atoms with van der Waals surface area (Å²) in [7, 11) is -3.83. The lowest BCUT2D eigenvalue weighted by atomic mass is 10.2. The van der Waals surface area contributed by atoms with Gasteiger partial charge in [0.1, 0.15) is 0 Å². The highest BCUT2D eigenvalue weighted by molar-refractivity contribution is 9.10. The van der Waals surface area contributed by atoms with Gasteiger partial charge < -0.3 is 5.32 Å². The van der Waals surface area contributed by atoms with Gasteiger partial charge in [-0.3, -0.25) is 4.72 Å². The second-order valence-corrected chi connectivity index (χ2v) is 8.97. The maximum atomic E-state index is 12.9. The zero-order valence-corrected chi connectivity index (χ0v) is 17.8. The van der Waals surface area contributed by atoms with Crippen LogP contribution in [0.2, 0.25) is 0 Å². The smallest absolute Gasteiger partial charge is 0.263 e. The van der Waals surface area contributed by atoms with Crippen molar-refractivity contribution < 1.29 is 8.42 Å². The lowest BCUT2D eigenvalue weighted by Gasteiger charge is -2.14. The maximum absolute atomic E-state index is 12.9. The minimum absolute atomic E-state index is 0.126. The highest BCUT2D eigenvalue weighted by Gasteiger charge is 2.19. The van der Waals surface area contributed by atoms with Gasteiger partial charge in [-0.15, -0.1) is 0 Å². The molecule has 146 valence electrons. The molecule has 0 spiro atoms. The number of nitrogens with one attached hydrogen (secondary N) is 2. The molecular formula is C21H17BrN4O2S. The summed E-state index contributed by atoms with van der Waals surface area (Å²) in [5, 5.41) is 3.17. The molecule has 29 heavy (non-hydrogen) atoms. The summed E-state index contributed by atoms with van der Waals surface area (Å²) >= 11 is 3.48. The molecule has 0 radical (unpaired) electrons. The van der Waals surface area contributed by atoms with Crippen molar-refractivity contribution in [3.63, 3.8) is 0 Å². The third-order valence-electron chi connectivity index (χ3n) is 4.23. The number of rotatable bonds is 5. The predicted octanol–water partition coefficient (Wildman–Crippen LogP) is 5.25. The molecule has 0 bridgehead atoms. The van der Waals surface area contributed by atoms with Gasteiger partial charge in [0.25, 0.3) is 10.0 Å². The Balaban J connectivity index is 1.80. The molecule has 0 amide bonds. The fourth-order valence-electron chi connectivity index (χ4n) is 2.82. The number of halogens is 1. The number of anilines is 3. The van der Waals surface area contributed by atoms with Gasteiger partial charge in [0.2, 0.25) is 0 Å². The van der Waals surface area contributed by atoms with E-state index in [1.54, 1.807) is 24.3 Å². The molecule has 4 aromatic rings. The fourth-order valence-corrected chi connectivity index (χ4v) is 4.31. The van der Waals surface area contributed by atoms with Crippen LogP contribution in [0.5, 0.6) is 0 Å². The van der Waals surface area contributed by atoms with Crippen LogP contribution < -0.4 is 10.0 Å². The molecule has 0 aliphatic carbocycles. The first-order valence-corrected chi connectivity index (χ1v) is 11.1. The molecule has 0 aliphatic rings. The Hall–Kier alpha value is -2.97. The van der Waals surface area contributed by atoms with Gasteiger partial charge >= 0.3 is 0 Å². The Bertz CT molecular complexity index is 1310. The van der Waals surface area contributed by atoms with Gasteiger partial charge in [0.15, 0.2) is 11.6 Å². The summed E-state index contributed by atoms with van der Waals surface area (Å²) in [5.41, 5.74) is 2.84. The predicted molar refractivity (Wildman–Crippen MR) is 119 cm³/mol. The molecule has 0 aliphatic heterocycles. The van der Waals surface area contributed by atoms with Crippen LogP contribution >= 0.6 is 15.9 Å². The molecule has 0 unspecified atom stereocenters. The summed E-state index contributed by atoms with van der Waals surface area (Å²) in [5.74, 6) is 0.438. The van der Waals surface area contributed by atoms with Crippen molar-refractivity contribution in [1.29, 1.82) is 0 Å². The van der Waals surface area contributed by atoms with E-state index < -0.39 is 10.0 Å². The first-order valence-electron chi connectivity index (χ1n) is 8.80. The number of para-hydroxylation sites is 3. The van der Waals surface area contributed by atoms with Crippen molar-refractivity contribution in [3.05, 3.63) is 82.8 Å². The van der Waals surface area contributed by atoms with Crippen LogP contribution in [0.15, 0.2) is 82.2 Å². The quantitative estimate of drug-likeness (QED) is 0.418. The van der Waals surface area contributed by atoms with Crippen molar-refractivity contribution in [1.82, 2.24) is 9.97 Å². The van der Waals surface area contributed by atoms with Gasteiger partial charge in [-0.2, -0.15) is 0 Å². The van der Waals surface area contributed by atoms with Gasteiger partial charge in [0.05, 0.1) is 21.6 Å². The summed E-state index contributed by atoms with van der Waals surface area (Å²) in [6.45, 7) is 1.84. The maximum Gasteiger partial charge on any atom is 0.263 e. The number of aryl methyl sites for hydroxylation is 1. The number of fused-ring (bicyclic) bond motifs is 1. The molecule has 0 saturated heterocycles. The van der Waals surface area contributed by atoms with Gasteiger partial charge in [-0.25, -0.2) is 18.4 Å². The highest BCUT2D eigenvalue weighted by atomic mass is 79.9. The Labute approximate surface area is 177 Å². The number of hydrogen-bond acceptors (Lipinski definition) is 5. The van der Waals surface area contributed by atoms with E-state index in [1.807, 2.05) is 55.5 Å². The van der Waals surface area contributed by atoms with Crippen LogP contribution in [0, 0.1) is 6.92 Å². The van der Waals surface area contributed by atoms with Crippen LogP contribution in [-0.2, 0) is 10.0 Å². The molecule has 1 aromatic heterocycles. The Morgan fingerprint density at radius 2 is 1.48 bits per heavy atom. The molecule has 6 nitrogen and oxygen atoms in total. The molecule has 0 saturated carbocycles. The van der Waals surface area contributed by atoms with Gasteiger partial charge in [-0.05, 0) is 64.8 Å². The summed E-state index contributed by atoms with van der Waals surface area (Å²) in [6, 6.07) is 21.5. The van der Waals surface area contributed by atoms with Crippen molar-refractivity contribution >= 4 is 54.3 Å². The average Bonchev–Trinajstić information content (AvgIpc) is 2.70. The van der Waals surface area contributed by atoms with E-state index in [0.29, 0.717) is 16.9 Å². The SMILES string of the molecule is Cc1cccc(S(=O)(=O)Nc2nc3ccccc3nc2Nc2ccccc2Br)c1. The van der Waals surface area contributed by atoms with Gasteiger partial charge in [0, 0.05) is 4.47 Å². The van der Waals surface area contributed by atoms with Crippen LogP contribution in [0.25, 0.3) is 11.0 Å². The van der Waals surface area contributed by atoms with E-state index in [-0.39, 0.29) is 10.7 Å². The van der Waals surface area contributed by atoms with Crippen LogP contribution in [-0.4, -0.2) is 18.4 Å². The third-order valence-corrected chi connectivity index (χ3v) is 6.26. The number of benzene rings is 3. The number of sulfonamides is 1. The zero-order chi connectivity index (χ0) is 20.4. The second-order valence-electron chi connectivity index (χ2n) is 6.44. The van der Waals surface area contributed by atoms with E-state index in [4.69, 9.17) is 0 Å². The Morgan fingerprint density at radius 3 is 2.17 bits per heavy atom. The van der Waals surface area contributed by atoms with E-state index in [9.17, 15) is 8.42 Å². The molecule has 8 heteroatoms.